The van der Waals surface area contributed by atoms with Crippen molar-refractivity contribution < 1.29 is 9.31 Å². The van der Waals surface area contributed by atoms with Crippen LogP contribution in [0, 0.1) is 22.9 Å². The van der Waals surface area contributed by atoms with Crippen molar-refractivity contribution in [3.8, 4) is 5.69 Å². The predicted octanol–water partition coefficient (Wildman–Crippen LogP) is 4.55. The van der Waals surface area contributed by atoms with Crippen LogP contribution in [0.5, 0.6) is 0 Å². The molecule has 3 aromatic rings. The summed E-state index contributed by atoms with van der Waals surface area (Å²) in [6, 6.07) is 13.7. The van der Waals surface area contributed by atoms with E-state index >= 15 is 0 Å². The SMILES string of the molecule is CSc1ccc([C@H](C[N+](=O)[O-])Sc2nnc(C)n2-c2ccc(F)cc2)cc1. The summed E-state index contributed by atoms with van der Waals surface area (Å²) in [6.45, 7) is 1.55. The zero-order chi connectivity index (χ0) is 19.4. The smallest absolute Gasteiger partial charge is 0.220 e. The normalized spacial score (nSPS) is 12.1. The van der Waals surface area contributed by atoms with Gasteiger partial charge in [0, 0.05) is 15.5 Å². The molecule has 0 fully saturated rings. The number of nitro groups is 1. The first-order chi connectivity index (χ1) is 13.0. The quantitative estimate of drug-likeness (QED) is 0.327. The summed E-state index contributed by atoms with van der Waals surface area (Å²) in [5.74, 6) is 0.292. The lowest BCUT2D eigenvalue weighted by molar-refractivity contribution is -0.479. The molecule has 1 atom stereocenters. The van der Waals surface area contributed by atoms with Gasteiger partial charge >= 0.3 is 0 Å². The van der Waals surface area contributed by atoms with E-state index in [4.69, 9.17) is 0 Å². The molecule has 6 nitrogen and oxygen atoms in total. The molecule has 0 aliphatic rings. The Bertz CT molecular complexity index is 930. The molecule has 0 saturated carbocycles. The highest BCUT2D eigenvalue weighted by atomic mass is 32.2. The Kier molecular flexibility index (Phi) is 6.12. The molecule has 3 rings (SSSR count). The first-order valence-corrected chi connectivity index (χ1v) is 10.2. The molecule has 0 bridgehead atoms. The van der Waals surface area contributed by atoms with E-state index in [1.165, 1.54) is 23.9 Å². The largest absolute Gasteiger partial charge is 0.274 e. The van der Waals surface area contributed by atoms with Gasteiger partial charge in [-0.1, -0.05) is 23.9 Å². The maximum Gasteiger partial charge on any atom is 0.220 e. The second kappa shape index (κ2) is 8.53. The van der Waals surface area contributed by atoms with Crippen LogP contribution < -0.4 is 0 Å². The van der Waals surface area contributed by atoms with E-state index in [9.17, 15) is 14.5 Å². The Labute approximate surface area is 164 Å². The molecule has 0 aliphatic carbocycles. The highest BCUT2D eigenvalue weighted by molar-refractivity contribution is 7.99. The van der Waals surface area contributed by atoms with Crippen LogP contribution in [-0.4, -0.2) is 32.5 Å². The zero-order valence-corrected chi connectivity index (χ0v) is 16.3. The summed E-state index contributed by atoms with van der Waals surface area (Å²) >= 11 is 2.89. The highest BCUT2D eigenvalue weighted by Crippen LogP contribution is 2.36. The topological polar surface area (TPSA) is 73.8 Å². The number of rotatable bonds is 7. The van der Waals surface area contributed by atoms with Crippen molar-refractivity contribution in [2.75, 3.05) is 12.8 Å². The minimum absolute atomic E-state index is 0.237. The number of thioether (sulfide) groups is 2. The van der Waals surface area contributed by atoms with Crippen LogP contribution in [0.3, 0.4) is 0 Å². The molecule has 27 heavy (non-hydrogen) atoms. The maximum atomic E-state index is 13.2. The number of aromatic nitrogens is 3. The van der Waals surface area contributed by atoms with Gasteiger partial charge in [-0.3, -0.25) is 14.7 Å². The molecule has 0 saturated heterocycles. The van der Waals surface area contributed by atoms with E-state index in [0.29, 0.717) is 16.7 Å². The molecule has 2 aromatic carbocycles. The van der Waals surface area contributed by atoms with Crippen LogP contribution >= 0.6 is 23.5 Å². The molecule has 0 spiro atoms. The van der Waals surface area contributed by atoms with E-state index in [0.717, 1.165) is 10.5 Å². The highest BCUT2D eigenvalue weighted by Gasteiger charge is 2.23. The maximum absolute atomic E-state index is 13.2. The predicted molar refractivity (Wildman–Crippen MR) is 105 cm³/mol. The molecule has 0 aliphatic heterocycles. The summed E-state index contributed by atoms with van der Waals surface area (Å²) in [6.07, 6.45) is 1.98. The van der Waals surface area contributed by atoms with E-state index in [2.05, 4.69) is 10.2 Å². The molecule has 140 valence electrons. The Morgan fingerprint density at radius 3 is 2.41 bits per heavy atom. The van der Waals surface area contributed by atoms with Gasteiger partial charge in [0.1, 0.15) is 16.9 Å². The van der Waals surface area contributed by atoms with Crippen molar-refractivity contribution in [2.24, 2.45) is 0 Å². The van der Waals surface area contributed by atoms with Gasteiger partial charge in [-0.2, -0.15) is 0 Å². The van der Waals surface area contributed by atoms with E-state index in [-0.39, 0.29) is 17.3 Å². The Hall–Kier alpha value is -2.39. The fourth-order valence-corrected chi connectivity index (χ4v) is 4.18. The van der Waals surface area contributed by atoms with Crippen LogP contribution in [0.4, 0.5) is 4.39 Å². The minimum atomic E-state index is -0.418. The number of nitrogens with zero attached hydrogens (tertiary/aromatic N) is 4. The van der Waals surface area contributed by atoms with E-state index in [1.54, 1.807) is 35.4 Å². The second-order valence-electron chi connectivity index (χ2n) is 5.74. The Morgan fingerprint density at radius 2 is 1.81 bits per heavy atom. The standard InChI is InChI=1S/C18H17FN4O2S2/c1-12-20-21-18(23(12)15-7-5-14(19)6-8-15)27-17(11-22(24)25)13-3-9-16(26-2)10-4-13/h3-10,17H,11H2,1-2H3/t17-/m0/s1. The molecular weight excluding hydrogens is 387 g/mol. The number of hydrogen-bond acceptors (Lipinski definition) is 6. The lowest BCUT2D eigenvalue weighted by Gasteiger charge is -2.14. The molecule has 9 heteroatoms. The summed E-state index contributed by atoms with van der Waals surface area (Å²) in [5.41, 5.74) is 1.56. The lowest BCUT2D eigenvalue weighted by atomic mass is 10.1. The molecule has 0 radical (unpaired) electrons. The first-order valence-electron chi connectivity index (χ1n) is 8.08. The van der Waals surface area contributed by atoms with Gasteiger partial charge in [0.2, 0.25) is 6.54 Å². The third kappa shape index (κ3) is 4.67. The van der Waals surface area contributed by atoms with Gasteiger partial charge in [-0.15, -0.1) is 22.0 Å². The van der Waals surface area contributed by atoms with Crippen molar-refractivity contribution in [2.45, 2.75) is 22.2 Å². The Balaban J connectivity index is 1.94. The number of aryl methyl sites for hydroxylation is 1. The molecule has 0 amide bonds. The lowest BCUT2D eigenvalue weighted by Crippen LogP contribution is -2.11. The molecule has 0 unspecified atom stereocenters. The van der Waals surface area contributed by atoms with Gasteiger partial charge in [0.25, 0.3) is 0 Å². The number of benzene rings is 2. The van der Waals surface area contributed by atoms with Gasteiger partial charge < -0.3 is 0 Å². The summed E-state index contributed by atoms with van der Waals surface area (Å²) in [5, 5.41) is 19.6. The fraction of sp³-hybridized carbons (Fsp3) is 0.222. The van der Waals surface area contributed by atoms with Crippen LogP contribution in [0.1, 0.15) is 16.6 Å². The van der Waals surface area contributed by atoms with Crippen molar-refractivity contribution in [1.82, 2.24) is 14.8 Å². The van der Waals surface area contributed by atoms with Crippen LogP contribution in [0.2, 0.25) is 0 Å². The first kappa shape index (κ1) is 19.4. The third-order valence-electron chi connectivity index (χ3n) is 3.93. The summed E-state index contributed by atoms with van der Waals surface area (Å²) in [4.78, 5) is 12.0. The van der Waals surface area contributed by atoms with Crippen molar-refractivity contribution in [1.29, 1.82) is 0 Å². The van der Waals surface area contributed by atoms with Crippen LogP contribution in [0.15, 0.2) is 58.6 Å². The zero-order valence-electron chi connectivity index (χ0n) is 14.7. The van der Waals surface area contributed by atoms with E-state index < -0.39 is 5.25 Å². The third-order valence-corrected chi connectivity index (χ3v) is 5.85. The molecule has 0 N–H and O–H groups in total. The van der Waals surface area contributed by atoms with Crippen LogP contribution in [0.25, 0.3) is 5.69 Å². The van der Waals surface area contributed by atoms with Crippen molar-refractivity contribution in [3.05, 3.63) is 75.9 Å². The van der Waals surface area contributed by atoms with Gasteiger partial charge in [0.15, 0.2) is 5.16 Å². The fourth-order valence-electron chi connectivity index (χ4n) is 2.60. The number of halogens is 1. The minimum Gasteiger partial charge on any atom is -0.274 e. The number of hydrogen-bond donors (Lipinski definition) is 0. The average molecular weight is 404 g/mol. The summed E-state index contributed by atoms with van der Waals surface area (Å²) < 4.78 is 15.0. The Morgan fingerprint density at radius 1 is 1.15 bits per heavy atom. The molecule has 1 heterocycles. The second-order valence-corrected chi connectivity index (χ2v) is 7.79. The monoisotopic (exact) mass is 404 g/mol. The molecular formula is C18H17FN4O2S2. The average Bonchev–Trinajstić information content (AvgIpc) is 3.02. The molecule has 1 aromatic heterocycles. The summed E-state index contributed by atoms with van der Waals surface area (Å²) in [7, 11) is 0. The van der Waals surface area contributed by atoms with Gasteiger partial charge in [-0.05, 0) is 55.1 Å². The van der Waals surface area contributed by atoms with E-state index in [1.807, 2.05) is 30.5 Å². The van der Waals surface area contributed by atoms with Crippen molar-refractivity contribution >= 4 is 23.5 Å². The van der Waals surface area contributed by atoms with Crippen LogP contribution in [-0.2, 0) is 0 Å². The van der Waals surface area contributed by atoms with Gasteiger partial charge in [-0.25, -0.2) is 4.39 Å². The van der Waals surface area contributed by atoms with Crippen molar-refractivity contribution in [3.63, 3.8) is 0 Å². The van der Waals surface area contributed by atoms with Gasteiger partial charge in [0.05, 0.1) is 0 Å².